The Morgan fingerprint density at radius 1 is 1.23 bits per heavy atom. The minimum absolute atomic E-state index is 0.0121. The number of carbonyl (C=O) groups is 2. The maximum atomic E-state index is 13.3. The lowest BCUT2D eigenvalue weighted by Gasteiger charge is -2.40. The molecule has 0 unspecified atom stereocenters. The van der Waals surface area contributed by atoms with E-state index in [0.717, 1.165) is 17.0 Å². The molecule has 4 rings (SSSR count). The Kier molecular flexibility index (Phi) is 5.14. The second kappa shape index (κ2) is 7.51. The first kappa shape index (κ1) is 20.5. The van der Waals surface area contributed by atoms with Gasteiger partial charge in [0.1, 0.15) is 0 Å². The molecule has 1 aromatic carbocycles. The van der Waals surface area contributed by atoms with Gasteiger partial charge in [-0.3, -0.25) is 19.5 Å². The van der Waals surface area contributed by atoms with E-state index in [4.69, 9.17) is 0 Å². The summed E-state index contributed by atoms with van der Waals surface area (Å²) in [5, 5.41) is 6.36. The molecule has 1 saturated heterocycles. The molecule has 0 radical (unpaired) electrons. The third-order valence-corrected chi connectivity index (χ3v) is 5.89. The van der Waals surface area contributed by atoms with E-state index in [9.17, 15) is 9.59 Å². The van der Waals surface area contributed by atoms with Crippen LogP contribution in [0.5, 0.6) is 0 Å². The lowest BCUT2D eigenvalue weighted by atomic mass is 9.76. The van der Waals surface area contributed by atoms with Crippen molar-refractivity contribution in [1.82, 2.24) is 20.5 Å². The zero-order valence-corrected chi connectivity index (χ0v) is 18.2. The van der Waals surface area contributed by atoms with Gasteiger partial charge in [-0.2, -0.15) is 0 Å². The molecule has 30 heavy (non-hydrogen) atoms. The number of hydrogen-bond donors (Lipinski definition) is 2. The van der Waals surface area contributed by atoms with Crippen molar-refractivity contribution in [3.05, 3.63) is 65.0 Å². The van der Waals surface area contributed by atoms with Crippen molar-refractivity contribution in [3.63, 3.8) is 0 Å². The Labute approximate surface area is 178 Å². The Morgan fingerprint density at radius 2 is 2.00 bits per heavy atom. The summed E-state index contributed by atoms with van der Waals surface area (Å²) < 4.78 is 0. The molecule has 1 fully saturated rings. The Morgan fingerprint density at radius 3 is 2.73 bits per heavy atom. The van der Waals surface area contributed by atoms with Gasteiger partial charge < -0.3 is 10.6 Å². The normalized spacial score (nSPS) is 23.9. The second-order valence-electron chi connectivity index (χ2n) is 9.68. The van der Waals surface area contributed by atoms with Gasteiger partial charge in [0.25, 0.3) is 5.91 Å². The van der Waals surface area contributed by atoms with Gasteiger partial charge in [0, 0.05) is 36.4 Å². The summed E-state index contributed by atoms with van der Waals surface area (Å²) in [6.07, 6.45) is 0.648. The van der Waals surface area contributed by atoms with E-state index in [2.05, 4.69) is 20.5 Å². The number of nitrogens with zero attached hydrogens (tertiary/aromatic N) is 2. The third-order valence-electron chi connectivity index (χ3n) is 5.89. The van der Waals surface area contributed by atoms with Crippen molar-refractivity contribution in [2.75, 3.05) is 13.1 Å². The maximum absolute atomic E-state index is 13.3. The van der Waals surface area contributed by atoms with Crippen LogP contribution < -0.4 is 10.6 Å². The summed E-state index contributed by atoms with van der Waals surface area (Å²) in [6.45, 7) is 9.78. The van der Waals surface area contributed by atoms with E-state index < -0.39 is 5.54 Å². The van der Waals surface area contributed by atoms with Gasteiger partial charge in [0.05, 0.1) is 17.2 Å². The molecule has 0 aliphatic carbocycles. The number of pyridine rings is 1. The van der Waals surface area contributed by atoms with Crippen molar-refractivity contribution >= 4 is 11.8 Å². The third kappa shape index (κ3) is 4.10. The number of likely N-dealkylation sites (tertiary alicyclic amines) is 1. The van der Waals surface area contributed by atoms with Crippen molar-refractivity contribution in [1.29, 1.82) is 0 Å². The molecule has 3 heterocycles. The van der Waals surface area contributed by atoms with E-state index in [1.54, 1.807) is 0 Å². The second-order valence-corrected chi connectivity index (χ2v) is 9.68. The minimum atomic E-state index is -0.620. The monoisotopic (exact) mass is 406 g/mol. The van der Waals surface area contributed by atoms with E-state index in [-0.39, 0.29) is 23.3 Å². The average molecular weight is 407 g/mol. The standard InChI is InChI=1S/C24H30N4O2/c1-16-8-7-10-18(25-16)13-28-14-20(22(30)26-23(2,3)4)24(15-28)12-17-9-5-6-11-19(17)21(29)27-24/h5-11,20H,12-15H2,1-4H3,(H,26,30)(H,27,29)/t20-,24+/m0/s1. The average Bonchev–Trinajstić information content (AvgIpc) is 2.97. The zero-order chi connectivity index (χ0) is 21.5. The van der Waals surface area contributed by atoms with Gasteiger partial charge in [-0.15, -0.1) is 0 Å². The smallest absolute Gasteiger partial charge is 0.252 e. The van der Waals surface area contributed by atoms with Crippen molar-refractivity contribution in [2.24, 2.45) is 5.92 Å². The van der Waals surface area contributed by atoms with Crippen LogP contribution in [0.3, 0.4) is 0 Å². The number of rotatable bonds is 3. The van der Waals surface area contributed by atoms with Gasteiger partial charge in [-0.05, 0) is 57.9 Å². The van der Waals surface area contributed by atoms with Crippen molar-refractivity contribution in [3.8, 4) is 0 Å². The van der Waals surface area contributed by atoms with Crippen LogP contribution in [0.4, 0.5) is 0 Å². The molecule has 6 nitrogen and oxygen atoms in total. The van der Waals surface area contributed by atoms with E-state index in [0.29, 0.717) is 31.6 Å². The van der Waals surface area contributed by atoms with Crippen LogP contribution in [0.2, 0.25) is 0 Å². The molecule has 2 amide bonds. The molecule has 1 spiro atoms. The predicted octanol–water partition coefficient (Wildman–Crippen LogP) is 2.46. The van der Waals surface area contributed by atoms with Gasteiger partial charge in [-0.25, -0.2) is 0 Å². The number of carbonyl (C=O) groups excluding carboxylic acids is 2. The lowest BCUT2D eigenvalue weighted by Crippen LogP contribution is -2.62. The molecule has 6 heteroatoms. The molecule has 2 atom stereocenters. The largest absolute Gasteiger partial charge is 0.351 e. The highest BCUT2D eigenvalue weighted by molar-refractivity contribution is 5.98. The van der Waals surface area contributed by atoms with Crippen molar-refractivity contribution in [2.45, 2.75) is 51.7 Å². The first-order valence-corrected chi connectivity index (χ1v) is 10.5. The molecule has 2 aliphatic heterocycles. The highest BCUT2D eigenvalue weighted by Gasteiger charge is 2.53. The Bertz CT molecular complexity index is 981. The van der Waals surface area contributed by atoms with Crippen LogP contribution in [0.15, 0.2) is 42.5 Å². The molecule has 0 saturated carbocycles. The van der Waals surface area contributed by atoms with Crippen LogP contribution in [0.25, 0.3) is 0 Å². The quantitative estimate of drug-likeness (QED) is 0.821. The molecule has 158 valence electrons. The fourth-order valence-electron chi connectivity index (χ4n) is 4.71. The Balaban J connectivity index is 1.65. The van der Waals surface area contributed by atoms with Crippen LogP contribution in [-0.4, -0.2) is 45.9 Å². The topological polar surface area (TPSA) is 74.3 Å². The number of nitrogens with one attached hydrogen (secondary N) is 2. The summed E-state index contributed by atoms with van der Waals surface area (Å²) in [6, 6.07) is 13.7. The first-order valence-electron chi connectivity index (χ1n) is 10.5. The van der Waals surface area contributed by atoms with Gasteiger partial charge in [-0.1, -0.05) is 24.3 Å². The number of amides is 2. The number of fused-ring (bicyclic) bond motifs is 1. The summed E-state index contributed by atoms with van der Waals surface area (Å²) in [5.74, 6) is -0.443. The summed E-state index contributed by atoms with van der Waals surface area (Å²) >= 11 is 0. The summed E-state index contributed by atoms with van der Waals surface area (Å²) in [7, 11) is 0. The van der Waals surface area contributed by atoms with Crippen molar-refractivity contribution < 1.29 is 9.59 Å². The molecular formula is C24H30N4O2. The predicted molar refractivity (Wildman–Crippen MR) is 116 cm³/mol. The van der Waals surface area contributed by atoms with Crippen LogP contribution in [0, 0.1) is 12.8 Å². The highest BCUT2D eigenvalue weighted by atomic mass is 16.2. The summed E-state index contributed by atoms with van der Waals surface area (Å²) in [4.78, 5) is 33.1. The minimum Gasteiger partial charge on any atom is -0.351 e. The number of hydrogen-bond acceptors (Lipinski definition) is 4. The lowest BCUT2D eigenvalue weighted by molar-refractivity contribution is -0.127. The SMILES string of the molecule is Cc1cccc(CN2C[C@@H](C(=O)NC(C)(C)C)[C@@]3(Cc4ccccc4C(=O)N3)C2)n1. The van der Waals surface area contributed by atoms with Crippen LogP contribution in [0.1, 0.15) is 48.1 Å². The molecule has 0 bridgehead atoms. The Hall–Kier alpha value is -2.73. The van der Waals surface area contributed by atoms with E-state index in [1.165, 1.54) is 0 Å². The van der Waals surface area contributed by atoms with Crippen LogP contribution in [-0.2, 0) is 17.8 Å². The summed E-state index contributed by atoms with van der Waals surface area (Å²) in [5.41, 5.74) is 2.71. The molecule has 2 aliphatic rings. The zero-order valence-electron chi connectivity index (χ0n) is 18.2. The number of benzene rings is 1. The molecule has 1 aromatic heterocycles. The van der Waals surface area contributed by atoms with Gasteiger partial charge in [0.15, 0.2) is 0 Å². The maximum Gasteiger partial charge on any atom is 0.252 e. The van der Waals surface area contributed by atoms with Gasteiger partial charge >= 0.3 is 0 Å². The van der Waals surface area contributed by atoms with E-state index >= 15 is 0 Å². The fourth-order valence-corrected chi connectivity index (χ4v) is 4.71. The number of aryl methyl sites for hydroxylation is 1. The number of aromatic nitrogens is 1. The first-order chi connectivity index (χ1) is 14.2. The molecular weight excluding hydrogens is 376 g/mol. The highest BCUT2D eigenvalue weighted by Crippen LogP contribution is 2.36. The molecule has 2 N–H and O–H groups in total. The van der Waals surface area contributed by atoms with Gasteiger partial charge in [0.2, 0.25) is 5.91 Å². The van der Waals surface area contributed by atoms with E-state index in [1.807, 2.05) is 70.2 Å². The van der Waals surface area contributed by atoms with Crippen LogP contribution >= 0.6 is 0 Å². The molecule has 2 aromatic rings. The fraction of sp³-hybridized carbons (Fsp3) is 0.458.